The van der Waals surface area contributed by atoms with Crippen molar-refractivity contribution in [3.63, 3.8) is 0 Å². The highest BCUT2D eigenvalue weighted by Crippen LogP contribution is 2.29. The van der Waals surface area contributed by atoms with E-state index in [9.17, 15) is 0 Å². The summed E-state index contributed by atoms with van der Waals surface area (Å²) in [5, 5.41) is 2.44. The Morgan fingerprint density at radius 1 is 0.724 bits per heavy atom. The van der Waals surface area contributed by atoms with Crippen LogP contribution in [-0.2, 0) is 6.42 Å². The van der Waals surface area contributed by atoms with Crippen molar-refractivity contribution >= 4 is 27.5 Å². The molecule has 2 heterocycles. The molecule has 0 fully saturated rings. The van der Waals surface area contributed by atoms with Crippen LogP contribution in [0.2, 0.25) is 0 Å². The summed E-state index contributed by atoms with van der Waals surface area (Å²) in [6.07, 6.45) is 0.959. The van der Waals surface area contributed by atoms with Crippen LogP contribution in [-0.4, -0.2) is 9.97 Å². The lowest BCUT2D eigenvalue weighted by Crippen LogP contribution is -1.88. The average molecular weight is 384 g/mol. The number of hydrogen-bond donors (Lipinski definition) is 3. The SMILES string of the molecule is C.CCc1[nH]c2ccccc2c1N.Cc1c(-c2ccccc2)[nH]c2ccccc12. The van der Waals surface area contributed by atoms with Crippen molar-refractivity contribution in [1.29, 1.82) is 0 Å². The molecule has 0 saturated carbocycles. The summed E-state index contributed by atoms with van der Waals surface area (Å²) in [6.45, 7) is 4.27. The molecule has 5 aromatic rings. The topological polar surface area (TPSA) is 57.6 Å². The van der Waals surface area contributed by atoms with E-state index in [0.29, 0.717) is 0 Å². The Balaban J connectivity index is 0.000000167. The number of aromatic amines is 2. The Kier molecular flexibility index (Phi) is 6.08. The molecule has 0 unspecified atom stereocenters. The minimum atomic E-state index is 0. The summed E-state index contributed by atoms with van der Waals surface area (Å²) in [7, 11) is 0. The second kappa shape index (κ2) is 8.70. The second-order valence-corrected chi connectivity index (χ2v) is 6.95. The van der Waals surface area contributed by atoms with Gasteiger partial charge in [-0.15, -0.1) is 0 Å². The second-order valence-electron chi connectivity index (χ2n) is 6.95. The lowest BCUT2D eigenvalue weighted by atomic mass is 10.1. The molecule has 0 bridgehead atoms. The van der Waals surface area contributed by atoms with Gasteiger partial charge in [0.1, 0.15) is 0 Å². The van der Waals surface area contributed by atoms with Gasteiger partial charge >= 0.3 is 0 Å². The Labute approximate surface area is 172 Å². The van der Waals surface area contributed by atoms with Crippen molar-refractivity contribution < 1.29 is 0 Å². The number of benzene rings is 3. The molecule has 4 N–H and O–H groups in total. The van der Waals surface area contributed by atoms with Crippen LogP contribution in [0.25, 0.3) is 33.1 Å². The molecule has 5 rings (SSSR count). The van der Waals surface area contributed by atoms with E-state index < -0.39 is 0 Å². The van der Waals surface area contributed by atoms with Gasteiger partial charge in [0.15, 0.2) is 0 Å². The van der Waals surface area contributed by atoms with Crippen LogP contribution in [0.1, 0.15) is 25.6 Å². The van der Waals surface area contributed by atoms with Crippen LogP contribution in [0.3, 0.4) is 0 Å². The first-order valence-electron chi connectivity index (χ1n) is 9.66. The number of aromatic nitrogens is 2. The Bertz CT molecular complexity index is 1210. The van der Waals surface area contributed by atoms with Gasteiger partial charge in [-0.2, -0.15) is 0 Å². The first kappa shape index (κ1) is 20.3. The largest absolute Gasteiger partial charge is 0.397 e. The molecule has 0 atom stereocenters. The van der Waals surface area contributed by atoms with Crippen molar-refractivity contribution in [3.05, 3.63) is 90.1 Å². The highest BCUT2D eigenvalue weighted by molar-refractivity contribution is 5.93. The van der Waals surface area contributed by atoms with E-state index in [1.807, 2.05) is 30.3 Å². The summed E-state index contributed by atoms with van der Waals surface area (Å²) in [5.41, 5.74) is 14.1. The van der Waals surface area contributed by atoms with Crippen molar-refractivity contribution in [3.8, 4) is 11.3 Å². The predicted molar refractivity (Wildman–Crippen MR) is 127 cm³/mol. The van der Waals surface area contributed by atoms with Gasteiger partial charge in [0.05, 0.1) is 5.69 Å². The van der Waals surface area contributed by atoms with E-state index in [0.717, 1.165) is 28.7 Å². The number of nitrogen functional groups attached to an aromatic ring is 1. The van der Waals surface area contributed by atoms with Gasteiger partial charge in [0.2, 0.25) is 0 Å². The number of hydrogen-bond acceptors (Lipinski definition) is 1. The normalized spacial score (nSPS) is 10.4. The standard InChI is InChI=1S/C15H13N.C10H12N2.CH4/c1-11-13-9-5-6-10-14(13)16-15(11)12-7-3-2-4-8-12;1-2-8-10(11)7-5-3-4-6-9(7)12-8;/h2-10,16H,1H3;3-6,12H,2,11H2,1H3;1H4. The zero-order valence-electron chi connectivity index (χ0n) is 16.3. The van der Waals surface area contributed by atoms with Gasteiger partial charge in [-0.05, 0) is 36.6 Å². The molecule has 3 nitrogen and oxygen atoms in total. The zero-order valence-corrected chi connectivity index (χ0v) is 16.3. The summed E-state index contributed by atoms with van der Waals surface area (Å²) >= 11 is 0. The number of nitrogens with two attached hydrogens (primary N) is 1. The van der Waals surface area contributed by atoms with Crippen LogP contribution in [0, 0.1) is 6.92 Å². The molecule has 3 aromatic carbocycles. The third-order valence-electron chi connectivity index (χ3n) is 5.21. The van der Waals surface area contributed by atoms with Crippen LogP contribution in [0.4, 0.5) is 5.69 Å². The summed E-state index contributed by atoms with van der Waals surface area (Å²) in [4.78, 5) is 6.77. The van der Waals surface area contributed by atoms with Crippen LogP contribution in [0.15, 0.2) is 78.9 Å². The molecule has 0 spiro atoms. The minimum Gasteiger partial charge on any atom is -0.397 e. The molecular formula is C26H29N3. The fourth-order valence-electron chi connectivity index (χ4n) is 3.67. The maximum absolute atomic E-state index is 5.92. The quantitative estimate of drug-likeness (QED) is 0.299. The number of anilines is 1. The van der Waals surface area contributed by atoms with Crippen LogP contribution >= 0.6 is 0 Å². The lowest BCUT2D eigenvalue weighted by Gasteiger charge is -1.99. The average Bonchev–Trinajstić information content (AvgIpc) is 3.27. The Hall–Kier alpha value is -3.46. The van der Waals surface area contributed by atoms with E-state index in [2.05, 4.69) is 72.3 Å². The molecule has 0 amide bonds. The molecule has 0 aliphatic heterocycles. The predicted octanol–water partition coefficient (Wildman–Crippen LogP) is 7.09. The maximum Gasteiger partial charge on any atom is 0.0604 e. The highest BCUT2D eigenvalue weighted by Gasteiger charge is 2.07. The molecule has 29 heavy (non-hydrogen) atoms. The fourth-order valence-corrected chi connectivity index (χ4v) is 3.67. The van der Waals surface area contributed by atoms with Crippen molar-refractivity contribution in [2.24, 2.45) is 0 Å². The van der Waals surface area contributed by atoms with Crippen LogP contribution in [0.5, 0.6) is 0 Å². The first-order valence-corrected chi connectivity index (χ1v) is 9.66. The van der Waals surface area contributed by atoms with Crippen molar-refractivity contribution in [2.75, 3.05) is 5.73 Å². The minimum absolute atomic E-state index is 0. The Morgan fingerprint density at radius 3 is 1.86 bits per heavy atom. The monoisotopic (exact) mass is 383 g/mol. The van der Waals surface area contributed by atoms with Gasteiger partial charge in [-0.25, -0.2) is 0 Å². The van der Waals surface area contributed by atoms with Gasteiger partial charge < -0.3 is 15.7 Å². The number of H-pyrrole nitrogens is 2. The maximum atomic E-state index is 5.92. The molecule has 0 aliphatic rings. The first-order chi connectivity index (χ1) is 13.7. The molecule has 0 saturated heterocycles. The number of aryl methyl sites for hydroxylation is 2. The molecule has 2 aromatic heterocycles. The Morgan fingerprint density at radius 2 is 1.28 bits per heavy atom. The number of fused-ring (bicyclic) bond motifs is 2. The summed E-state index contributed by atoms with van der Waals surface area (Å²) in [5.74, 6) is 0. The van der Waals surface area contributed by atoms with E-state index >= 15 is 0 Å². The zero-order chi connectivity index (χ0) is 19.5. The van der Waals surface area contributed by atoms with Gasteiger partial charge in [-0.3, -0.25) is 0 Å². The molecular weight excluding hydrogens is 354 g/mol. The third kappa shape index (κ3) is 3.90. The number of rotatable bonds is 2. The lowest BCUT2D eigenvalue weighted by molar-refractivity contribution is 1.08. The van der Waals surface area contributed by atoms with Gasteiger partial charge in [-0.1, -0.05) is 81.1 Å². The van der Waals surface area contributed by atoms with E-state index in [-0.39, 0.29) is 7.43 Å². The van der Waals surface area contributed by atoms with Gasteiger partial charge in [0, 0.05) is 33.2 Å². The van der Waals surface area contributed by atoms with Crippen LogP contribution < -0.4 is 5.73 Å². The van der Waals surface area contributed by atoms with E-state index in [4.69, 9.17) is 5.73 Å². The van der Waals surface area contributed by atoms with E-state index in [1.165, 1.54) is 27.7 Å². The van der Waals surface area contributed by atoms with Crippen molar-refractivity contribution in [2.45, 2.75) is 27.7 Å². The fraction of sp³-hybridized carbons (Fsp3) is 0.154. The number of para-hydroxylation sites is 2. The molecule has 0 radical (unpaired) electrons. The molecule has 148 valence electrons. The smallest absolute Gasteiger partial charge is 0.0604 e. The molecule has 3 heteroatoms. The van der Waals surface area contributed by atoms with Gasteiger partial charge in [0.25, 0.3) is 0 Å². The van der Waals surface area contributed by atoms with E-state index in [1.54, 1.807) is 0 Å². The number of nitrogens with one attached hydrogen (secondary N) is 2. The third-order valence-corrected chi connectivity index (χ3v) is 5.21. The highest BCUT2D eigenvalue weighted by atomic mass is 14.8. The summed E-state index contributed by atoms with van der Waals surface area (Å²) < 4.78 is 0. The summed E-state index contributed by atoms with van der Waals surface area (Å²) in [6, 6.07) is 27.0. The molecule has 0 aliphatic carbocycles. The van der Waals surface area contributed by atoms with Crippen molar-refractivity contribution in [1.82, 2.24) is 9.97 Å².